The van der Waals surface area contributed by atoms with E-state index in [4.69, 9.17) is 5.73 Å². The Morgan fingerprint density at radius 1 is 1.21 bits per heavy atom. The van der Waals surface area contributed by atoms with Crippen molar-refractivity contribution in [3.63, 3.8) is 0 Å². The fourth-order valence-electron chi connectivity index (χ4n) is 1.84. The second-order valence-corrected chi connectivity index (χ2v) is 4.25. The number of alkyl halides is 3. The van der Waals surface area contributed by atoms with Crippen LogP contribution in [0.25, 0.3) is 0 Å². The number of nitrogens with two attached hydrogens (primary N) is 1. The highest BCUT2D eigenvalue weighted by atomic mass is 19.4. The summed E-state index contributed by atoms with van der Waals surface area (Å²) >= 11 is 0. The number of benzene rings is 1. The van der Waals surface area contributed by atoms with E-state index in [1.54, 1.807) is 0 Å². The predicted octanol–water partition coefficient (Wildman–Crippen LogP) is 2.69. The Balaban J connectivity index is 2.19. The molecule has 0 radical (unpaired) electrons. The number of nitrogens with zero attached hydrogens (tertiary/aromatic N) is 2. The van der Waals surface area contributed by atoms with Crippen LogP contribution in [0, 0.1) is 5.92 Å². The second kappa shape index (κ2) is 4.91. The van der Waals surface area contributed by atoms with Crippen LogP contribution in [-0.2, 0) is 0 Å². The van der Waals surface area contributed by atoms with E-state index in [0.717, 1.165) is 0 Å². The first kappa shape index (κ1) is 13.4. The number of amidine groups is 1. The van der Waals surface area contributed by atoms with Crippen molar-refractivity contribution in [2.45, 2.75) is 19.7 Å². The molecular formula is C12H12F3N3O. The van der Waals surface area contributed by atoms with Crippen molar-refractivity contribution < 1.29 is 17.9 Å². The molecule has 1 aromatic carbocycles. The van der Waals surface area contributed by atoms with Gasteiger partial charge in [-0.2, -0.15) is 5.10 Å². The summed E-state index contributed by atoms with van der Waals surface area (Å²) in [5.74, 6) is 0.267. The van der Waals surface area contributed by atoms with Gasteiger partial charge in [-0.05, 0) is 29.8 Å². The molecule has 0 saturated carbocycles. The van der Waals surface area contributed by atoms with Crippen LogP contribution in [-0.4, -0.2) is 17.9 Å². The molecule has 102 valence electrons. The summed E-state index contributed by atoms with van der Waals surface area (Å²) in [7, 11) is 0. The van der Waals surface area contributed by atoms with Gasteiger partial charge >= 0.3 is 6.36 Å². The van der Waals surface area contributed by atoms with Gasteiger partial charge in [0.2, 0.25) is 0 Å². The van der Waals surface area contributed by atoms with Crippen LogP contribution in [0.5, 0.6) is 5.75 Å². The number of hydrogen-bond acceptors (Lipinski definition) is 4. The van der Waals surface area contributed by atoms with Crippen molar-refractivity contribution in [1.82, 2.24) is 0 Å². The normalized spacial score (nSPS) is 19.7. The van der Waals surface area contributed by atoms with Gasteiger partial charge in [0.25, 0.3) is 0 Å². The molecule has 1 aliphatic heterocycles. The van der Waals surface area contributed by atoms with E-state index in [0.29, 0.717) is 23.5 Å². The molecule has 1 aliphatic rings. The third-order valence-electron chi connectivity index (χ3n) is 2.65. The van der Waals surface area contributed by atoms with Gasteiger partial charge < -0.3 is 10.5 Å². The third kappa shape index (κ3) is 3.46. The van der Waals surface area contributed by atoms with Crippen LogP contribution in [0.15, 0.2) is 34.5 Å². The molecule has 0 amide bonds. The second-order valence-electron chi connectivity index (χ2n) is 4.25. The lowest BCUT2D eigenvalue weighted by atomic mass is 9.94. The maximum atomic E-state index is 12.0. The largest absolute Gasteiger partial charge is 0.573 e. The molecule has 2 rings (SSSR count). The van der Waals surface area contributed by atoms with Crippen molar-refractivity contribution in [3.8, 4) is 5.75 Å². The first-order valence-corrected chi connectivity index (χ1v) is 5.61. The first-order valence-electron chi connectivity index (χ1n) is 5.61. The summed E-state index contributed by atoms with van der Waals surface area (Å²) in [6.07, 6.45) is -4.10. The highest BCUT2D eigenvalue weighted by molar-refractivity contribution is 6.05. The van der Waals surface area contributed by atoms with Gasteiger partial charge in [0.05, 0.1) is 5.71 Å². The van der Waals surface area contributed by atoms with Crippen LogP contribution >= 0.6 is 0 Å². The number of ether oxygens (including phenoxy) is 1. The molecule has 0 aliphatic carbocycles. The predicted molar refractivity (Wildman–Crippen MR) is 65.1 cm³/mol. The molecule has 0 fully saturated rings. The fraction of sp³-hybridized carbons (Fsp3) is 0.333. The van der Waals surface area contributed by atoms with Crippen LogP contribution < -0.4 is 10.5 Å². The van der Waals surface area contributed by atoms with E-state index in [1.807, 2.05) is 6.92 Å². The van der Waals surface area contributed by atoms with Gasteiger partial charge in [-0.3, -0.25) is 0 Å². The SMILES string of the molecule is CC1CC(N)=NN=C1c1ccc(OC(F)(F)F)cc1. The monoisotopic (exact) mass is 271 g/mol. The zero-order chi connectivity index (χ0) is 14.0. The van der Waals surface area contributed by atoms with Gasteiger partial charge in [0.1, 0.15) is 11.6 Å². The molecule has 0 saturated heterocycles. The lowest BCUT2D eigenvalue weighted by Crippen LogP contribution is -2.25. The van der Waals surface area contributed by atoms with Crippen molar-refractivity contribution in [2.24, 2.45) is 21.9 Å². The molecule has 4 nitrogen and oxygen atoms in total. The summed E-state index contributed by atoms with van der Waals surface area (Å²) in [5.41, 5.74) is 6.97. The van der Waals surface area contributed by atoms with E-state index in [-0.39, 0.29) is 11.7 Å². The maximum absolute atomic E-state index is 12.0. The average Bonchev–Trinajstić information content (AvgIpc) is 2.28. The first-order chi connectivity index (χ1) is 8.85. The quantitative estimate of drug-likeness (QED) is 0.899. The molecule has 1 atom stereocenters. The molecule has 7 heteroatoms. The Morgan fingerprint density at radius 2 is 1.84 bits per heavy atom. The maximum Gasteiger partial charge on any atom is 0.573 e. The van der Waals surface area contributed by atoms with E-state index >= 15 is 0 Å². The minimum Gasteiger partial charge on any atom is -0.406 e. The molecular weight excluding hydrogens is 259 g/mol. The van der Waals surface area contributed by atoms with E-state index in [1.165, 1.54) is 24.3 Å². The Bertz CT molecular complexity index is 520. The van der Waals surface area contributed by atoms with Crippen LogP contribution in [0.2, 0.25) is 0 Å². The minimum atomic E-state index is -4.68. The lowest BCUT2D eigenvalue weighted by Gasteiger charge is -2.17. The Labute approximate surface area is 107 Å². The van der Waals surface area contributed by atoms with Gasteiger partial charge in [-0.15, -0.1) is 18.3 Å². The van der Waals surface area contributed by atoms with Gasteiger partial charge in [-0.25, -0.2) is 0 Å². The molecule has 1 unspecified atom stereocenters. The molecule has 0 aromatic heterocycles. The average molecular weight is 271 g/mol. The Kier molecular flexibility index (Phi) is 3.46. The van der Waals surface area contributed by atoms with Crippen LogP contribution in [0.1, 0.15) is 18.9 Å². The van der Waals surface area contributed by atoms with E-state index in [2.05, 4.69) is 14.9 Å². The fourth-order valence-corrected chi connectivity index (χ4v) is 1.84. The smallest absolute Gasteiger partial charge is 0.406 e. The number of rotatable bonds is 2. The molecule has 19 heavy (non-hydrogen) atoms. The zero-order valence-electron chi connectivity index (χ0n) is 10.1. The number of halogens is 3. The third-order valence-corrected chi connectivity index (χ3v) is 2.65. The van der Waals surface area contributed by atoms with Crippen molar-refractivity contribution in [2.75, 3.05) is 0 Å². The summed E-state index contributed by atoms with van der Waals surface area (Å²) < 4.78 is 39.9. The summed E-state index contributed by atoms with van der Waals surface area (Å²) in [6.45, 7) is 1.93. The molecule has 0 spiro atoms. The zero-order valence-corrected chi connectivity index (χ0v) is 10.1. The van der Waals surface area contributed by atoms with Crippen LogP contribution in [0.3, 0.4) is 0 Å². The lowest BCUT2D eigenvalue weighted by molar-refractivity contribution is -0.274. The van der Waals surface area contributed by atoms with Crippen molar-refractivity contribution in [1.29, 1.82) is 0 Å². The molecule has 2 N–H and O–H groups in total. The minimum absolute atomic E-state index is 0.0758. The van der Waals surface area contributed by atoms with Gasteiger partial charge in [-0.1, -0.05) is 6.92 Å². The molecule has 1 aromatic rings. The van der Waals surface area contributed by atoms with E-state index < -0.39 is 6.36 Å². The highest BCUT2D eigenvalue weighted by Gasteiger charge is 2.31. The number of hydrogen-bond donors (Lipinski definition) is 1. The summed E-state index contributed by atoms with van der Waals surface area (Å²) in [5, 5.41) is 7.77. The van der Waals surface area contributed by atoms with Gasteiger partial charge in [0, 0.05) is 12.3 Å². The molecule has 1 heterocycles. The van der Waals surface area contributed by atoms with Crippen LogP contribution in [0.4, 0.5) is 13.2 Å². The van der Waals surface area contributed by atoms with E-state index in [9.17, 15) is 13.2 Å². The van der Waals surface area contributed by atoms with Gasteiger partial charge in [0.15, 0.2) is 0 Å². The van der Waals surface area contributed by atoms with Crippen molar-refractivity contribution >= 4 is 11.5 Å². The Hall–Kier alpha value is -2.05. The highest BCUT2D eigenvalue weighted by Crippen LogP contribution is 2.24. The standard InChI is InChI=1S/C12H12F3N3O/c1-7-6-10(16)17-18-11(7)8-2-4-9(5-3-8)19-12(13,14)15/h2-5,7H,6H2,1H3,(H2,16,17). The topological polar surface area (TPSA) is 60.0 Å². The summed E-state index contributed by atoms with van der Waals surface area (Å²) in [6, 6.07) is 5.54. The van der Waals surface area contributed by atoms with Crippen molar-refractivity contribution in [3.05, 3.63) is 29.8 Å². The Morgan fingerprint density at radius 3 is 2.37 bits per heavy atom. The molecule has 0 bridgehead atoms. The summed E-state index contributed by atoms with van der Waals surface area (Å²) in [4.78, 5) is 0.